The first-order chi connectivity index (χ1) is 6.90. The van der Waals surface area contributed by atoms with Crippen LogP contribution < -0.4 is 0 Å². The van der Waals surface area contributed by atoms with Crippen LogP contribution in [0.4, 0.5) is 0 Å². The van der Waals surface area contributed by atoms with Gasteiger partial charge in [-0.15, -0.1) is 0 Å². The third-order valence-corrected chi connectivity index (χ3v) is 2.34. The standard InChI is InChI=1S/C11H21N2O2/c1-6-9(11(15)13(4)5)7-8-10(14)12(2)3/h9H,1,6-8H2,2-5H3. The van der Waals surface area contributed by atoms with E-state index in [0.717, 1.165) is 0 Å². The van der Waals surface area contributed by atoms with Crippen molar-refractivity contribution in [2.45, 2.75) is 19.3 Å². The molecule has 0 saturated heterocycles. The molecule has 0 aliphatic heterocycles. The van der Waals surface area contributed by atoms with E-state index in [1.807, 2.05) is 0 Å². The molecule has 87 valence electrons. The van der Waals surface area contributed by atoms with E-state index >= 15 is 0 Å². The summed E-state index contributed by atoms with van der Waals surface area (Å²) in [6.07, 6.45) is 1.53. The SMILES string of the molecule is [CH2]CC(CCC(=O)N(C)C)C(=O)N(C)C. The predicted octanol–water partition coefficient (Wildman–Crippen LogP) is 0.783. The summed E-state index contributed by atoms with van der Waals surface area (Å²) in [5.74, 6) is -0.0273. The van der Waals surface area contributed by atoms with Crippen molar-refractivity contribution >= 4 is 11.8 Å². The molecule has 0 fully saturated rings. The average Bonchev–Trinajstić information content (AvgIpc) is 2.17. The third-order valence-electron chi connectivity index (χ3n) is 2.34. The van der Waals surface area contributed by atoms with E-state index in [1.54, 1.807) is 38.0 Å². The molecular weight excluding hydrogens is 192 g/mol. The maximum Gasteiger partial charge on any atom is 0.225 e. The van der Waals surface area contributed by atoms with Gasteiger partial charge >= 0.3 is 0 Å². The number of hydrogen-bond donors (Lipinski definition) is 0. The van der Waals surface area contributed by atoms with Crippen molar-refractivity contribution in [3.8, 4) is 0 Å². The fourth-order valence-corrected chi connectivity index (χ4v) is 1.28. The monoisotopic (exact) mass is 213 g/mol. The van der Waals surface area contributed by atoms with E-state index in [4.69, 9.17) is 0 Å². The number of nitrogens with zero attached hydrogens (tertiary/aromatic N) is 2. The minimum Gasteiger partial charge on any atom is -0.349 e. The second-order valence-electron chi connectivity index (χ2n) is 4.05. The van der Waals surface area contributed by atoms with Crippen LogP contribution in [-0.4, -0.2) is 49.8 Å². The van der Waals surface area contributed by atoms with Crippen LogP contribution in [0.1, 0.15) is 19.3 Å². The highest BCUT2D eigenvalue weighted by molar-refractivity contribution is 5.80. The number of carbonyl (C=O) groups excluding carboxylic acids is 2. The molecule has 0 aromatic rings. The Hall–Kier alpha value is -1.06. The Morgan fingerprint density at radius 1 is 1.13 bits per heavy atom. The van der Waals surface area contributed by atoms with E-state index in [0.29, 0.717) is 19.3 Å². The van der Waals surface area contributed by atoms with Crippen LogP contribution in [0.25, 0.3) is 0 Å². The average molecular weight is 213 g/mol. The quantitative estimate of drug-likeness (QED) is 0.677. The molecule has 0 saturated carbocycles. The van der Waals surface area contributed by atoms with E-state index in [-0.39, 0.29) is 17.7 Å². The summed E-state index contributed by atoms with van der Waals surface area (Å²) >= 11 is 0. The van der Waals surface area contributed by atoms with E-state index in [9.17, 15) is 9.59 Å². The molecule has 1 unspecified atom stereocenters. The van der Waals surface area contributed by atoms with Gasteiger partial charge in [-0.2, -0.15) is 0 Å². The zero-order valence-electron chi connectivity index (χ0n) is 10.1. The molecule has 15 heavy (non-hydrogen) atoms. The molecule has 0 heterocycles. The van der Waals surface area contributed by atoms with Crippen molar-refractivity contribution in [3.63, 3.8) is 0 Å². The highest BCUT2D eigenvalue weighted by Crippen LogP contribution is 2.13. The fourth-order valence-electron chi connectivity index (χ4n) is 1.28. The van der Waals surface area contributed by atoms with Crippen molar-refractivity contribution < 1.29 is 9.59 Å². The first-order valence-electron chi connectivity index (χ1n) is 5.10. The molecule has 1 atom stereocenters. The van der Waals surface area contributed by atoms with Gasteiger partial charge in [0.1, 0.15) is 0 Å². The van der Waals surface area contributed by atoms with Crippen LogP contribution in [0.2, 0.25) is 0 Å². The second-order valence-corrected chi connectivity index (χ2v) is 4.05. The van der Waals surface area contributed by atoms with Gasteiger partial charge in [-0.25, -0.2) is 0 Å². The summed E-state index contributed by atoms with van der Waals surface area (Å²) < 4.78 is 0. The van der Waals surface area contributed by atoms with Crippen LogP contribution in [-0.2, 0) is 9.59 Å². The summed E-state index contributed by atoms with van der Waals surface area (Å²) in [5.41, 5.74) is 0. The Balaban J connectivity index is 4.12. The third kappa shape index (κ3) is 4.81. The summed E-state index contributed by atoms with van der Waals surface area (Å²) in [6.45, 7) is 3.74. The number of hydrogen-bond acceptors (Lipinski definition) is 2. The van der Waals surface area contributed by atoms with E-state index in [1.165, 1.54) is 0 Å². The second kappa shape index (κ2) is 6.43. The molecule has 0 rings (SSSR count). The maximum atomic E-state index is 11.6. The molecule has 0 spiro atoms. The van der Waals surface area contributed by atoms with Gasteiger partial charge in [0.25, 0.3) is 0 Å². The predicted molar refractivity (Wildman–Crippen MR) is 60.1 cm³/mol. The molecule has 0 aliphatic carbocycles. The lowest BCUT2D eigenvalue weighted by Crippen LogP contribution is -2.30. The van der Waals surface area contributed by atoms with Gasteiger partial charge in [0.2, 0.25) is 11.8 Å². The molecule has 4 nitrogen and oxygen atoms in total. The van der Waals surface area contributed by atoms with Crippen molar-refractivity contribution in [2.75, 3.05) is 28.2 Å². The van der Waals surface area contributed by atoms with Crippen LogP contribution in [0.3, 0.4) is 0 Å². The van der Waals surface area contributed by atoms with Gasteiger partial charge < -0.3 is 9.80 Å². The number of rotatable bonds is 5. The highest BCUT2D eigenvalue weighted by atomic mass is 16.2. The molecular formula is C11H21N2O2. The summed E-state index contributed by atoms with van der Waals surface area (Å²) in [4.78, 5) is 26.0. The first-order valence-corrected chi connectivity index (χ1v) is 5.10. The molecule has 2 amide bonds. The van der Waals surface area contributed by atoms with Crippen LogP contribution in [0.5, 0.6) is 0 Å². The Labute approximate surface area is 92.2 Å². The molecule has 0 aromatic heterocycles. The first kappa shape index (κ1) is 13.9. The molecule has 0 aromatic carbocycles. The van der Waals surface area contributed by atoms with Crippen molar-refractivity contribution in [1.82, 2.24) is 9.80 Å². The topological polar surface area (TPSA) is 40.6 Å². The minimum atomic E-state index is -0.135. The van der Waals surface area contributed by atoms with Gasteiger partial charge in [0, 0.05) is 40.5 Å². The van der Waals surface area contributed by atoms with Gasteiger partial charge in [-0.1, -0.05) is 6.92 Å². The highest BCUT2D eigenvalue weighted by Gasteiger charge is 2.19. The number of carbonyl (C=O) groups is 2. The molecule has 1 radical (unpaired) electrons. The largest absolute Gasteiger partial charge is 0.349 e. The Bertz CT molecular complexity index is 225. The summed E-state index contributed by atoms with van der Waals surface area (Å²) in [7, 11) is 6.88. The van der Waals surface area contributed by atoms with Crippen LogP contribution >= 0.6 is 0 Å². The van der Waals surface area contributed by atoms with Crippen LogP contribution in [0, 0.1) is 12.8 Å². The molecule has 0 aliphatic rings. The van der Waals surface area contributed by atoms with Crippen molar-refractivity contribution in [1.29, 1.82) is 0 Å². The van der Waals surface area contributed by atoms with Gasteiger partial charge in [0.05, 0.1) is 0 Å². The molecule has 0 N–H and O–H groups in total. The van der Waals surface area contributed by atoms with E-state index < -0.39 is 0 Å². The minimum absolute atomic E-state index is 0.0524. The lowest BCUT2D eigenvalue weighted by atomic mass is 9.98. The Morgan fingerprint density at radius 3 is 2.00 bits per heavy atom. The zero-order chi connectivity index (χ0) is 12.0. The fraction of sp³-hybridized carbons (Fsp3) is 0.727. The number of amides is 2. The van der Waals surface area contributed by atoms with Gasteiger partial charge in [-0.05, 0) is 12.8 Å². The lowest BCUT2D eigenvalue weighted by molar-refractivity contribution is -0.134. The maximum absolute atomic E-state index is 11.6. The lowest BCUT2D eigenvalue weighted by Gasteiger charge is -2.19. The van der Waals surface area contributed by atoms with Crippen LogP contribution in [0.15, 0.2) is 0 Å². The summed E-state index contributed by atoms with van der Waals surface area (Å²) in [5, 5.41) is 0. The smallest absolute Gasteiger partial charge is 0.225 e. The van der Waals surface area contributed by atoms with E-state index in [2.05, 4.69) is 6.92 Å². The van der Waals surface area contributed by atoms with Crippen molar-refractivity contribution in [3.05, 3.63) is 6.92 Å². The van der Waals surface area contributed by atoms with Gasteiger partial charge in [-0.3, -0.25) is 9.59 Å². The zero-order valence-corrected chi connectivity index (χ0v) is 10.1. The Morgan fingerprint density at radius 2 is 1.67 bits per heavy atom. The molecule has 4 heteroatoms. The molecule has 0 bridgehead atoms. The van der Waals surface area contributed by atoms with Crippen molar-refractivity contribution in [2.24, 2.45) is 5.92 Å². The van der Waals surface area contributed by atoms with Gasteiger partial charge in [0.15, 0.2) is 0 Å². The summed E-state index contributed by atoms with van der Waals surface area (Å²) in [6, 6.07) is 0. The normalized spacial score (nSPS) is 12.1. The Kier molecular flexibility index (Phi) is 5.97.